The summed E-state index contributed by atoms with van der Waals surface area (Å²) in [5, 5.41) is 9.02. The average molecular weight is 199 g/mol. The molecule has 0 heterocycles. The number of hydrogen-bond donors (Lipinski definition) is 2. The van der Waals surface area contributed by atoms with Crippen LogP contribution in [0, 0.1) is 11.8 Å². The van der Waals surface area contributed by atoms with E-state index in [2.05, 4.69) is 0 Å². The van der Waals surface area contributed by atoms with Crippen molar-refractivity contribution in [2.45, 2.75) is 44.9 Å². The molecular weight excluding hydrogens is 178 g/mol. The summed E-state index contributed by atoms with van der Waals surface area (Å²) in [6, 6.07) is 0. The topological polar surface area (TPSA) is 63.3 Å². The third-order valence-electron chi connectivity index (χ3n) is 3.20. The first-order valence-corrected chi connectivity index (χ1v) is 5.67. The molecule has 1 aliphatic rings. The number of carboxylic acids is 1. The summed E-state index contributed by atoms with van der Waals surface area (Å²) in [6.45, 7) is 0.606. The molecule has 0 aromatic carbocycles. The summed E-state index contributed by atoms with van der Waals surface area (Å²) >= 11 is 0. The first-order valence-electron chi connectivity index (χ1n) is 5.67. The van der Waals surface area contributed by atoms with Crippen molar-refractivity contribution in [3.8, 4) is 0 Å². The van der Waals surface area contributed by atoms with Gasteiger partial charge in [0.25, 0.3) is 0 Å². The molecule has 0 amide bonds. The maximum absolute atomic E-state index is 11.0. The summed E-state index contributed by atoms with van der Waals surface area (Å²) in [5.41, 5.74) is 5.39. The molecule has 1 rings (SSSR count). The Bertz CT molecular complexity index is 176. The average Bonchev–Trinajstić information content (AvgIpc) is 2.64. The normalized spacial score (nSPS) is 19.8. The van der Waals surface area contributed by atoms with Crippen molar-refractivity contribution >= 4 is 5.97 Å². The van der Waals surface area contributed by atoms with Crippen LogP contribution in [0.15, 0.2) is 0 Å². The Kier molecular flexibility index (Phi) is 4.94. The second-order valence-corrected chi connectivity index (χ2v) is 4.35. The van der Waals surface area contributed by atoms with Crippen LogP contribution >= 0.6 is 0 Å². The molecule has 1 fully saturated rings. The van der Waals surface area contributed by atoms with Crippen LogP contribution in [0.5, 0.6) is 0 Å². The molecule has 0 aromatic rings. The van der Waals surface area contributed by atoms with E-state index in [1.54, 1.807) is 0 Å². The Morgan fingerprint density at radius 2 is 2.07 bits per heavy atom. The van der Waals surface area contributed by atoms with E-state index in [1.165, 1.54) is 25.7 Å². The minimum Gasteiger partial charge on any atom is -0.481 e. The van der Waals surface area contributed by atoms with E-state index in [0.29, 0.717) is 12.5 Å². The van der Waals surface area contributed by atoms with Gasteiger partial charge in [0.1, 0.15) is 0 Å². The van der Waals surface area contributed by atoms with Crippen LogP contribution in [0.3, 0.4) is 0 Å². The lowest BCUT2D eigenvalue weighted by Gasteiger charge is -2.16. The number of carboxylic acid groups (broad SMARTS) is 1. The highest BCUT2D eigenvalue weighted by atomic mass is 16.4. The van der Waals surface area contributed by atoms with Crippen LogP contribution in [0.1, 0.15) is 44.9 Å². The summed E-state index contributed by atoms with van der Waals surface area (Å²) in [6.07, 6.45) is 7.49. The molecule has 1 unspecified atom stereocenters. The number of carbonyl (C=O) groups is 1. The second kappa shape index (κ2) is 6.02. The van der Waals surface area contributed by atoms with Crippen molar-refractivity contribution in [1.82, 2.24) is 0 Å². The van der Waals surface area contributed by atoms with Crippen molar-refractivity contribution in [3.05, 3.63) is 0 Å². The molecular formula is C11H21NO2. The van der Waals surface area contributed by atoms with E-state index in [0.717, 1.165) is 19.3 Å². The molecule has 0 aliphatic heterocycles. The fraction of sp³-hybridized carbons (Fsp3) is 0.909. The third-order valence-corrected chi connectivity index (χ3v) is 3.20. The summed E-state index contributed by atoms with van der Waals surface area (Å²) in [5.74, 6) is -0.124. The van der Waals surface area contributed by atoms with E-state index in [1.807, 2.05) is 0 Å². The molecule has 1 saturated carbocycles. The van der Waals surface area contributed by atoms with Crippen LogP contribution in [-0.4, -0.2) is 17.6 Å². The summed E-state index contributed by atoms with van der Waals surface area (Å²) in [7, 11) is 0. The van der Waals surface area contributed by atoms with E-state index in [9.17, 15) is 4.79 Å². The number of hydrogen-bond acceptors (Lipinski definition) is 2. The van der Waals surface area contributed by atoms with Crippen LogP contribution in [0.2, 0.25) is 0 Å². The Morgan fingerprint density at radius 3 is 2.57 bits per heavy atom. The van der Waals surface area contributed by atoms with Crippen molar-refractivity contribution in [1.29, 1.82) is 0 Å². The zero-order valence-corrected chi connectivity index (χ0v) is 8.74. The molecule has 0 spiro atoms. The molecule has 0 bridgehead atoms. The Morgan fingerprint density at radius 1 is 1.43 bits per heavy atom. The molecule has 0 saturated heterocycles. The highest BCUT2D eigenvalue weighted by Crippen LogP contribution is 2.31. The van der Waals surface area contributed by atoms with Crippen molar-refractivity contribution in [2.24, 2.45) is 17.6 Å². The Balaban J connectivity index is 2.30. The van der Waals surface area contributed by atoms with E-state index < -0.39 is 5.97 Å². The molecule has 3 N–H and O–H groups in total. The summed E-state index contributed by atoms with van der Waals surface area (Å²) in [4.78, 5) is 11.0. The predicted octanol–water partition coefficient (Wildman–Crippen LogP) is 2.01. The van der Waals surface area contributed by atoms with Crippen LogP contribution in [0.4, 0.5) is 0 Å². The van der Waals surface area contributed by atoms with Gasteiger partial charge < -0.3 is 10.8 Å². The van der Waals surface area contributed by atoms with Gasteiger partial charge in [-0.1, -0.05) is 25.7 Å². The van der Waals surface area contributed by atoms with E-state index in [4.69, 9.17) is 10.8 Å². The molecule has 0 aromatic heterocycles. The van der Waals surface area contributed by atoms with Crippen LogP contribution in [-0.2, 0) is 4.79 Å². The molecule has 1 aliphatic carbocycles. The zero-order valence-electron chi connectivity index (χ0n) is 8.74. The third kappa shape index (κ3) is 3.66. The van der Waals surface area contributed by atoms with Crippen molar-refractivity contribution in [3.63, 3.8) is 0 Å². The second-order valence-electron chi connectivity index (χ2n) is 4.35. The smallest absolute Gasteiger partial charge is 0.306 e. The minimum absolute atomic E-state index is 0.151. The molecule has 0 radical (unpaired) electrons. The molecule has 82 valence electrons. The van der Waals surface area contributed by atoms with E-state index in [-0.39, 0.29) is 5.92 Å². The maximum Gasteiger partial charge on any atom is 0.306 e. The SMILES string of the molecule is NCCCC(CC1CCCC1)C(=O)O. The molecule has 1 atom stereocenters. The Hall–Kier alpha value is -0.570. The van der Waals surface area contributed by atoms with Crippen molar-refractivity contribution < 1.29 is 9.90 Å². The maximum atomic E-state index is 11.0. The quantitative estimate of drug-likeness (QED) is 0.687. The minimum atomic E-state index is -0.634. The lowest BCUT2D eigenvalue weighted by atomic mass is 9.90. The van der Waals surface area contributed by atoms with Gasteiger partial charge in [0.05, 0.1) is 5.92 Å². The first kappa shape index (κ1) is 11.5. The van der Waals surface area contributed by atoms with Gasteiger partial charge in [-0.2, -0.15) is 0 Å². The molecule has 3 nitrogen and oxygen atoms in total. The highest BCUT2D eigenvalue weighted by Gasteiger charge is 2.24. The largest absolute Gasteiger partial charge is 0.481 e. The van der Waals surface area contributed by atoms with Crippen LogP contribution < -0.4 is 5.73 Å². The van der Waals surface area contributed by atoms with Gasteiger partial charge in [0, 0.05) is 0 Å². The molecule has 14 heavy (non-hydrogen) atoms. The predicted molar refractivity (Wildman–Crippen MR) is 56.0 cm³/mol. The number of rotatable bonds is 6. The fourth-order valence-electron chi connectivity index (χ4n) is 2.35. The van der Waals surface area contributed by atoms with Gasteiger partial charge in [-0.3, -0.25) is 4.79 Å². The van der Waals surface area contributed by atoms with Gasteiger partial charge in [0.15, 0.2) is 0 Å². The lowest BCUT2D eigenvalue weighted by molar-refractivity contribution is -0.142. The van der Waals surface area contributed by atoms with Gasteiger partial charge in [-0.05, 0) is 31.7 Å². The number of nitrogens with two attached hydrogens (primary N) is 1. The summed E-state index contributed by atoms with van der Waals surface area (Å²) < 4.78 is 0. The van der Waals surface area contributed by atoms with Gasteiger partial charge in [-0.25, -0.2) is 0 Å². The van der Waals surface area contributed by atoms with Gasteiger partial charge in [0.2, 0.25) is 0 Å². The highest BCUT2D eigenvalue weighted by molar-refractivity contribution is 5.69. The standard InChI is InChI=1S/C11H21NO2/c12-7-3-6-10(11(13)14)8-9-4-1-2-5-9/h9-10H,1-8,12H2,(H,13,14). The van der Waals surface area contributed by atoms with Gasteiger partial charge in [-0.15, -0.1) is 0 Å². The van der Waals surface area contributed by atoms with E-state index >= 15 is 0 Å². The Labute approximate surface area is 85.7 Å². The molecule has 3 heteroatoms. The van der Waals surface area contributed by atoms with Gasteiger partial charge >= 0.3 is 5.97 Å². The fourth-order valence-corrected chi connectivity index (χ4v) is 2.35. The zero-order chi connectivity index (χ0) is 10.4. The van der Waals surface area contributed by atoms with Crippen LogP contribution in [0.25, 0.3) is 0 Å². The first-order chi connectivity index (χ1) is 6.74. The van der Waals surface area contributed by atoms with Crippen molar-refractivity contribution in [2.75, 3.05) is 6.54 Å². The number of aliphatic carboxylic acids is 1. The lowest BCUT2D eigenvalue weighted by Crippen LogP contribution is -2.18. The monoisotopic (exact) mass is 199 g/mol.